The van der Waals surface area contributed by atoms with Gasteiger partial charge < -0.3 is 20.2 Å². The van der Waals surface area contributed by atoms with Crippen LogP contribution in [0, 0.1) is 0 Å². The number of urea groups is 1. The van der Waals surface area contributed by atoms with E-state index in [0.29, 0.717) is 11.6 Å². The van der Waals surface area contributed by atoms with Gasteiger partial charge in [0.05, 0.1) is 30.3 Å². The fourth-order valence-corrected chi connectivity index (χ4v) is 3.65. The van der Waals surface area contributed by atoms with Crippen LogP contribution in [0.3, 0.4) is 0 Å². The molecule has 3 N–H and O–H groups in total. The topological polar surface area (TPSA) is 158 Å². The highest BCUT2D eigenvalue weighted by atomic mass is 32.3. The number of carboxylic acid groups (broad SMARTS) is 1. The second kappa shape index (κ2) is 8.93. The molecule has 0 saturated carbocycles. The van der Waals surface area contributed by atoms with E-state index in [1.54, 1.807) is 17.0 Å². The Kier molecular flexibility index (Phi) is 6.63. The van der Waals surface area contributed by atoms with Crippen molar-refractivity contribution in [1.29, 1.82) is 0 Å². The molecule has 178 valence electrons. The number of nitrogens with one attached hydrogen (secondary N) is 1. The molecule has 17 heteroatoms. The summed E-state index contributed by atoms with van der Waals surface area (Å²) in [5.74, 6) is -2.76. The van der Waals surface area contributed by atoms with Gasteiger partial charge in [0, 0.05) is 32.7 Å². The summed E-state index contributed by atoms with van der Waals surface area (Å²) >= 11 is 0. The maximum absolute atomic E-state index is 12.2. The van der Waals surface area contributed by atoms with E-state index < -0.39 is 34.6 Å². The van der Waals surface area contributed by atoms with Crippen LogP contribution in [0.15, 0.2) is 18.5 Å². The number of halogens is 3. The number of alkyl halides is 3. The number of piperazine rings is 1. The second-order valence-corrected chi connectivity index (χ2v) is 7.90. The largest absolute Gasteiger partial charge is 0.490 e. The first-order valence-electron chi connectivity index (χ1n) is 9.12. The monoisotopic (exact) mass is 484 g/mol. The van der Waals surface area contributed by atoms with E-state index in [4.69, 9.17) is 14.5 Å². The minimum Gasteiger partial charge on any atom is -0.475 e. The first kappa shape index (κ1) is 23.8. The van der Waals surface area contributed by atoms with Crippen molar-refractivity contribution in [3.63, 3.8) is 0 Å². The van der Waals surface area contributed by atoms with E-state index in [9.17, 15) is 26.4 Å². The highest BCUT2D eigenvalue weighted by Gasteiger charge is 2.43. The van der Waals surface area contributed by atoms with Crippen LogP contribution in [0.2, 0.25) is 0 Å². The number of hydrogen-bond acceptors (Lipinski definition) is 8. The van der Waals surface area contributed by atoms with Gasteiger partial charge >= 0.3 is 28.6 Å². The van der Waals surface area contributed by atoms with E-state index in [1.165, 1.54) is 4.90 Å². The van der Waals surface area contributed by atoms with E-state index >= 15 is 0 Å². The Morgan fingerprint density at radius 1 is 1.25 bits per heavy atom. The van der Waals surface area contributed by atoms with Crippen LogP contribution >= 0.6 is 0 Å². The van der Waals surface area contributed by atoms with Gasteiger partial charge in [0.15, 0.2) is 0 Å². The van der Waals surface area contributed by atoms with Gasteiger partial charge in [-0.15, -0.1) is 4.28 Å². The number of anilines is 1. The lowest BCUT2D eigenvalue weighted by atomic mass is 10.2. The molecule has 1 aromatic rings. The zero-order chi connectivity index (χ0) is 23.7. The number of hydroxylamine groups is 2. The Morgan fingerprint density at radius 2 is 1.88 bits per heavy atom. The highest BCUT2D eigenvalue weighted by molar-refractivity contribution is 7.80. The lowest BCUT2D eigenvalue weighted by Gasteiger charge is -2.27. The molecular formula is C15H19F3N6O7S. The Labute approximate surface area is 179 Å². The number of nitrogens with zero attached hydrogens (tertiary/aromatic N) is 5. The lowest BCUT2D eigenvalue weighted by molar-refractivity contribution is -0.192. The molecule has 3 aliphatic rings. The summed E-state index contributed by atoms with van der Waals surface area (Å²) < 4.78 is 68.5. The lowest BCUT2D eigenvalue weighted by Crippen LogP contribution is -2.43. The van der Waals surface area contributed by atoms with Gasteiger partial charge in [0.25, 0.3) is 0 Å². The molecule has 32 heavy (non-hydrogen) atoms. The molecule has 0 spiro atoms. The molecule has 1 aromatic heterocycles. The Bertz CT molecular complexity index is 1010. The van der Waals surface area contributed by atoms with Crippen LogP contribution < -0.4 is 10.2 Å². The number of amides is 2. The van der Waals surface area contributed by atoms with Gasteiger partial charge in [0.2, 0.25) is 0 Å². The van der Waals surface area contributed by atoms with Crippen LogP contribution in [-0.4, -0.2) is 101 Å². The average molecular weight is 484 g/mol. The van der Waals surface area contributed by atoms with Crippen molar-refractivity contribution in [3.8, 4) is 0 Å². The van der Waals surface area contributed by atoms with Crippen molar-refractivity contribution in [1.82, 2.24) is 25.1 Å². The molecule has 2 amide bonds. The Balaban J connectivity index is 0.000000360. The number of carbonyl (C=O) groups is 2. The number of carboxylic acids is 1. The molecule has 2 saturated heterocycles. The molecule has 1 atom stereocenters. The first-order chi connectivity index (χ1) is 14.8. The summed E-state index contributed by atoms with van der Waals surface area (Å²) in [6.07, 6.45) is 0.300. The third-order valence-corrected chi connectivity index (χ3v) is 5.02. The standard InChI is InChI=1S/C13H18N6O5S.C2HF3O2/c20-13-17-7-10(5-11(8-17)19(13)24-25(21,22)23)18-9-12(6-15-18)16-3-1-14-2-4-16;3-2(4,5)1(6)7/h5-6,9,11,14H,1-4,7-8H2,(H,21,22,23);(H,6,7). The van der Waals surface area contributed by atoms with E-state index in [-0.39, 0.29) is 6.54 Å². The van der Waals surface area contributed by atoms with Gasteiger partial charge in [-0.1, -0.05) is 0 Å². The number of hydrogen-bond donors (Lipinski definition) is 3. The molecule has 0 radical (unpaired) electrons. The van der Waals surface area contributed by atoms with Crippen LogP contribution in [0.5, 0.6) is 0 Å². The quantitative estimate of drug-likeness (QED) is 0.481. The number of fused-ring (bicyclic) bond motifs is 2. The minimum absolute atomic E-state index is 0.281. The van der Waals surface area contributed by atoms with E-state index in [1.807, 2.05) is 6.20 Å². The average Bonchev–Trinajstić information content (AvgIpc) is 3.28. The molecular weight excluding hydrogens is 465 g/mol. The first-order valence-corrected chi connectivity index (χ1v) is 10.5. The fourth-order valence-electron chi connectivity index (χ4n) is 3.28. The number of carbonyl (C=O) groups excluding carboxylic acids is 1. The second-order valence-electron chi connectivity index (χ2n) is 6.90. The van der Waals surface area contributed by atoms with Crippen LogP contribution in [-0.2, 0) is 19.5 Å². The van der Waals surface area contributed by atoms with Crippen molar-refractivity contribution in [2.45, 2.75) is 12.2 Å². The molecule has 0 aliphatic carbocycles. The number of rotatable bonds is 4. The van der Waals surface area contributed by atoms with Crippen molar-refractivity contribution in [2.75, 3.05) is 44.2 Å². The number of aromatic nitrogens is 2. The summed E-state index contributed by atoms with van der Waals surface area (Å²) in [6.45, 7) is 4.20. The van der Waals surface area contributed by atoms with Crippen molar-refractivity contribution in [3.05, 3.63) is 18.5 Å². The van der Waals surface area contributed by atoms with Crippen LogP contribution in [0.25, 0.3) is 5.70 Å². The summed E-state index contributed by atoms with van der Waals surface area (Å²) in [5, 5.41) is 15.4. The molecule has 1 unspecified atom stereocenters. The van der Waals surface area contributed by atoms with Gasteiger partial charge in [-0.25, -0.2) is 14.3 Å². The summed E-state index contributed by atoms with van der Waals surface area (Å²) in [5.41, 5.74) is 1.74. The zero-order valence-corrected chi connectivity index (χ0v) is 17.1. The van der Waals surface area contributed by atoms with E-state index in [2.05, 4.69) is 19.6 Å². The maximum Gasteiger partial charge on any atom is 0.490 e. The molecule has 2 bridgehead atoms. The SMILES string of the molecule is O=C(O)C(F)(F)F.O=C1N2CC(n3cc(N4CCNCC4)cn3)=CC(C2)N1OS(=O)(=O)O. The molecule has 4 rings (SSSR count). The maximum atomic E-state index is 12.2. The third kappa shape index (κ3) is 5.67. The molecule has 13 nitrogen and oxygen atoms in total. The highest BCUT2D eigenvalue weighted by Crippen LogP contribution is 2.28. The van der Waals surface area contributed by atoms with Gasteiger partial charge in [0.1, 0.15) is 6.04 Å². The smallest absolute Gasteiger partial charge is 0.475 e. The van der Waals surface area contributed by atoms with Gasteiger partial charge in [-0.05, 0) is 6.08 Å². The summed E-state index contributed by atoms with van der Waals surface area (Å²) in [4.78, 5) is 24.7. The minimum atomic E-state index is -5.08. The Morgan fingerprint density at radius 3 is 2.44 bits per heavy atom. The molecule has 3 aliphatic heterocycles. The fraction of sp³-hybridized carbons (Fsp3) is 0.533. The van der Waals surface area contributed by atoms with Crippen LogP contribution in [0.1, 0.15) is 0 Å². The van der Waals surface area contributed by atoms with Gasteiger partial charge in [-0.3, -0.25) is 4.55 Å². The van der Waals surface area contributed by atoms with Crippen LogP contribution in [0.4, 0.5) is 23.7 Å². The zero-order valence-electron chi connectivity index (χ0n) is 16.3. The predicted octanol–water partition coefficient (Wildman–Crippen LogP) is -0.379. The van der Waals surface area contributed by atoms with Crippen molar-refractivity contribution < 1.29 is 45.1 Å². The van der Waals surface area contributed by atoms with E-state index in [0.717, 1.165) is 37.6 Å². The van der Waals surface area contributed by atoms with Gasteiger partial charge in [-0.2, -0.15) is 31.8 Å². The molecule has 4 heterocycles. The third-order valence-electron chi connectivity index (χ3n) is 4.67. The summed E-state index contributed by atoms with van der Waals surface area (Å²) in [7, 11) is -4.76. The summed E-state index contributed by atoms with van der Waals surface area (Å²) in [6, 6.07) is -1.21. The Hall–Kier alpha value is -2.89. The van der Waals surface area contributed by atoms with Crippen molar-refractivity contribution in [2.24, 2.45) is 0 Å². The molecule has 2 fully saturated rings. The molecule has 0 aromatic carbocycles. The van der Waals surface area contributed by atoms with Crippen molar-refractivity contribution >= 4 is 33.8 Å². The normalized spacial score (nSPS) is 21.2. The number of aliphatic carboxylic acids is 1. The predicted molar refractivity (Wildman–Crippen MR) is 101 cm³/mol.